The van der Waals surface area contributed by atoms with Gasteiger partial charge in [-0.1, -0.05) is 33.1 Å². The zero-order valence-electron chi connectivity index (χ0n) is 10.3. The lowest BCUT2D eigenvalue weighted by Crippen LogP contribution is -2.49. The van der Waals surface area contributed by atoms with Crippen LogP contribution >= 0.6 is 0 Å². The van der Waals surface area contributed by atoms with Gasteiger partial charge in [0.1, 0.15) is 0 Å². The average Bonchev–Trinajstić information content (AvgIpc) is 2.18. The van der Waals surface area contributed by atoms with E-state index in [1.54, 1.807) is 0 Å². The molecular formula is C12H27NO. The van der Waals surface area contributed by atoms with Gasteiger partial charge in [0.15, 0.2) is 0 Å². The number of unbranched alkanes of at least 4 members (excludes halogenated alkanes) is 2. The SMILES string of the molecule is CCCCCC(C)(CO)NC(C)CC. The first kappa shape index (κ1) is 13.9. The molecule has 0 rings (SSSR count). The van der Waals surface area contributed by atoms with Crippen LogP contribution in [-0.4, -0.2) is 23.3 Å². The van der Waals surface area contributed by atoms with Crippen molar-refractivity contribution in [2.75, 3.05) is 6.61 Å². The second-order valence-corrected chi connectivity index (χ2v) is 4.63. The van der Waals surface area contributed by atoms with Crippen LogP contribution in [0.3, 0.4) is 0 Å². The number of aliphatic hydroxyl groups is 1. The molecule has 0 aromatic carbocycles. The van der Waals surface area contributed by atoms with E-state index < -0.39 is 0 Å². The van der Waals surface area contributed by atoms with Gasteiger partial charge >= 0.3 is 0 Å². The lowest BCUT2D eigenvalue weighted by atomic mass is 9.94. The zero-order chi connectivity index (χ0) is 11.0. The molecule has 86 valence electrons. The van der Waals surface area contributed by atoms with Crippen LogP contribution in [0.1, 0.15) is 59.8 Å². The third-order valence-electron chi connectivity index (χ3n) is 2.89. The van der Waals surface area contributed by atoms with E-state index in [0.717, 1.165) is 12.8 Å². The fourth-order valence-electron chi connectivity index (χ4n) is 1.66. The van der Waals surface area contributed by atoms with Crippen LogP contribution in [0.5, 0.6) is 0 Å². The Morgan fingerprint density at radius 1 is 1.29 bits per heavy atom. The molecule has 0 aromatic heterocycles. The summed E-state index contributed by atoms with van der Waals surface area (Å²) in [4.78, 5) is 0. The van der Waals surface area contributed by atoms with Crippen molar-refractivity contribution in [3.63, 3.8) is 0 Å². The highest BCUT2D eigenvalue weighted by Crippen LogP contribution is 2.15. The maximum Gasteiger partial charge on any atom is 0.0610 e. The Hall–Kier alpha value is -0.0800. The summed E-state index contributed by atoms with van der Waals surface area (Å²) in [6.07, 6.45) is 5.89. The predicted octanol–water partition coefficient (Wildman–Crippen LogP) is 2.71. The molecule has 0 aliphatic rings. The van der Waals surface area contributed by atoms with Crippen LogP contribution in [-0.2, 0) is 0 Å². The summed E-state index contributed by atoms with van der Waals surface area (Å²) in [5.41, 5.74) is -0.0788. The van der Waals surface area contributed by atoms with E-state index in [1.165, 1.54) is 19.3 Å². The van der Waals surface area contributed by atoms with Gasteiger partial charge < -0.3 is 10.4 Å². The summed E-state index contributed by atoms with van der Waals surface area (Å²) in [6, 6.07) is 0.494. The van der Waals surface area contributed by atoms with Crippen LogP contribution in [0.2, 0.25) is 0 Å². The Kier molecular flexibility index (Phi) is 7.20. The van der Waals surface area contributed by atoms with Gasteiger partial charge in [-0.25, -0.2) is 0 Å². The summed E-state index contributed by atoms with van der Waals surface area (Å²) < 4.78 is 0. The van der Waals surface area contributed by atoms with Crippen molar-refractivity contribution in [1.29, 1.82) is 0 Å². The molecule has 0 amide bonds. The van der Waals surface area contributed by atoms with Gasteiger partial charge in [-0.3, -0.25) is 0 Å². The lowest BCUT2D eigenvalue weighted by molar-refractivity contribution is 0.151. The van der Waals surface area contributed by atoms with Crippen molar-refractivity contribution >= 4 is 0 Å². The number of hydrogen-bond donors (Lipinski definition) is 2. The third-order valence-corrected chi connectivity index (χ3v) is 2.89. The van der Waals surface area contributed by atoms with Crippen molar-refractivity contribution in [3.05, 3.63) is 0 Å². The third kappa shape index (κ3) is 5.61. The second kappa shape index (κ2) is 7.24. The largest absolute Gasteiger partial charge is 0.394 e. The maximum absolute atomic E-state index is 9.37. The van der Waals surface area contributed by atoms with Gasteiger partial charge in [0.05, 0.1) is 6.61 Å². The van der Waals surface area contributed by atoms with E-state index in [4.69, 9.17) is 0 Å². The maximum atomic E-state index is 9.37. The minimum absolute atomic E-state index is 0.0788. The molecule has 0 spiro atoms. The molecule has 0 heterocycles. The topological polar surface area (TPSA) is 32.3 Å². The van der Waals surface area contributed by atoms with Gasteiger partial charge in [-0.15, -0.1) is 0 Å². The van der Waals surface area contributed by atoms with Crippen molar-refractivity contribution in [2.45, 2.75) is 71.4 Å². The first-order chi connectivity index (χ1) is 6.58. The Morgan fingerprint density at radius 2 is 1.93 bits per heavy atom. The van der Waals surface area contributed by atoms with Gasteiger partial charge in [0, 0.05) is 11.6 Å². The quantitative estimate of drug-likeness (QED) is 0.592. The molecule has 0 bridgehead atoms. The molecule has 0 fully saturated rings. The minimum Gasteiger partial charge on any atom is -0.394 e. The molecule has 0 saturated carbocycles. The summed E-state index contributed by atoms with van der Waals surface area (Å²) in [5, 5.41) is 12.9. The summed E-state index contributed by atoms with van der Waals surface area (Å²) >= 11 is 0. The monoisotopic (exact) mass is 201 g/mol. The molecule has 2 heteroatoms. The number of rotatable bonds is 8. The fraction of sp³-hybridized carbons (Fsp3) is 1.00. The van der Waals surface area contributed by atoms with E-state index in [0.29, 0.717) is 6.04 Å². The summed E-state index contributed by atoms with van der Waals surface area (Å²) in [6.45, 7) is 8.91. The van der Waals surface area contributed by atoms with Crippen LogP contribution in [0, 0.1) is 0 Å². The van der Waals surface area contributed by atoms with Crippen molar-refractivity contribution in [3.8, 4) is 0 Å². The molecule has 0 aliphatic carbocycles. The second-order valence-electron chi connectivity index (χ2n) is 4.63. The van der Waals surface area contributed by atoms with Crippen LogP contribution < -0.4 is 5.32 Å². The lowest BCUT2D eigenvalue weighted by Gasteiger charge is -2.32. The van der Waals surface area contributed by atoms with E-state index in [2.05, 4.69) is 33.0 Å². The zero-order valence-corrected chi connectivity index (χ0v) is 10.3. The van der Waals surface area contributed by atoms with Crippen molar-refractivity contribution in [1.82, 2.24) is 5.32 Å². The van der Waals surface area contributed by atoms with E-state index in [9.17, 15) is 5.11 Å². The first-order valence-corrected chi connectivity index (χ1v) is 5.96. The van der Waals surface area contributed by atoms with Gasteiger partial charge in [-0.2, -0.15) is 0 Å². The summed E-state index contributed by atoms with van der Waals surface area (Å²) in [7, 11) is 0. The van der Waals surface area contributed by atoms with Crippen LogP contribution in [0.4, 0.5) is 0 Å². The van der Waals surface area contributed by atoms with E-state index >= 15 is 0 Å². The van der Waals surface area contributed by atoms with Crippen molar-refractivity contribution < 1.29 is 5.11 Å². The van der Waals surface area contributed by atoms with E-state index in [1.807, 2.05) is 0 Å². The Balaban J connectivity index is 3.90. The highest BCUT2D eigenvalue weighted by molar-refractivity contribution is 4.84. The smallest absolute Gasteiger partial charge is 0.0610 e. The van der Waals surface area contributed by atoms with Gasteiger partial charge in [0.25, 0.3) is 0 Å². The summed E-state index contributed by atoms with van der Waals surface area (Å²) in [5.74, 6) is 0. The Labute approximate surface area is 89.1 Å². The molecular weight excluding hydrogens is 174 g/mol. The molecule has 2 N–H and O–H groups in total. The standard InChI is InChI=1S/C12H27NO/c1-5-7-8-9-12(4,10-14)13-11(3)6-2/h11,13-14H,5-10H2,1-4H3. The Bertz CT molecular complexity index is 138. The average molecular weight is 201 g/mol. The highest BCUT2D eigenvalue weighted by atomic mass is 16.3. The molecule has 2 atom stereocenters. The number of aliphatic hydroxyl groups excluding tert-OH is 1. The van der Waals surface area contributed by atoms with Gasteiger partial charge in [0.2, 0.25) is 0 Å². The number of hydrogen-bond acceptors (Lipinski definition) is 2. The van der Waals surface area contributed by atoms with Crippen LogP contribution in [0.15, 0.2) is 0 Å². The minimum atomic E-state index is -0.0788. The molecule has 2 unspecified atom stereocenters. The normalized spacial score (nSPS) is 17.8. The van der Waals surface area contributed by atoms with Crippen LogP contribution in [0.25, 0.3) is 0 Å². The molecule has 0 radical (unpaired) electrons. The van der Waals surface area contributed by atoms with Gasteiger partial charge in [-0.05, 0) is 26.7 Å². The van der Waals surface area contributed by atoms with Crippen molar-refractivity contribution in [2.24, 2.45) is 0 Å². The molecule has 14 heavy (non-hydrogen) atoms. The molecule has 0 aromatic rings. The molecule has 2 nitrogen and oxygen atoms in total. The number of nitrogens with one attached hydrogen (secondary N) is 1. The Morgan fingerprint density at radius 3 is 2.36 bits per heavy atom. The fourth-order valence-corrected chi connectivity index (χ4v) is 1.66. The first-order valence-electron chi connectivity index (χ1n) is 5.96. The molecule has 0 aliphatic heterocycles. The molecule has 0 saturated heterocycles. The highest BCUT2D eigenvalue weighted by Gasteiger charge is 2.23. The van der Waals surface area contributed by atoms with E-state index in [-0.39, 0.29) is 12.1 Å². The predicted molar refractivity (Wildman–Crippen MR) is 62.5 cm³/mol.